The topological polar surface area (TPSA) is 138 Å². The summed E-state index contributed by atoms with van der Waals surface area (Å²) in [4.78, 5) is 12.8. The van der Waals surface area contributed by atoms with E-state index in [0.29, 0.717) is 33.8 Å². The van der Waals surface area contributed by atoms with E-state index in [1.54, 1.807) is 56.3 Å². The number of azo groups is 1. The van der Waals surface area contributed by atoms with E-state index in [1.165, 1.54) is 18.2 Å². The predicted octanol–water partition coefficient (Wildman–Crippen LogP) is 7.73. The molecule has 3 N–H and O–H groups in total. The fourth-order valence-electron chi connectivity index (χ4n) is 4.00. The maximum absolute atomic E-state index is 13.3. The van der Waals surface area contributed by atoms with Gasteiger partial charge in [-0.05, 0) is 48.6 Å². The van der Waals surface area contributed by atoms with Crippen LogP contribution in [0.1, 0.15) is 29.8 Å². The lowest BCUT2D eigenvalue weighted by Gasteiger charge is -2.14. The summed E-state index contributed by atoms with van der Waals surface area (Å²) in [5.74, 6) is -0.817. The van der Waals surface area contributed by atoms with Gasteiger partial charge in [-0.2, -0.15) is 8.42 Å². The molecule has 0 aromatic heterocycles. The van der Waals surface area contributed by atoms with Crippen LogP contribution in [0.3, 0.4) is 0 Å². The van der Waals surface area contributed by atoms with Crippen LogP contribution in [0.25, 0.3) is 10.8 Å². The van der Waals surface area contributed by atoms with Gasteiger partial charge in [0.1, 0.15) is 22.0 Å². The number of nitrogens with zero attached hydrogens (tertiary/aromatic N) is 2. The molecule has 9 nitrogen and oxygen atoms in total. The van der Waals surface area contributed by atoms with E-state index < -0.39 is 26.7 Å². The number of phenolic OH excluding ortho intramolecular Hbond substituents is 1. The van der Waals surface area contributed by atoms with Crippen molar-refractivity contribution in [1.29, 1.82) is 0 Å². The summed E-state index contributed by atoms with van der Waals surface area (Å²) in [7, 11) is -4.71. The number of nitrogens with one attached hydrogen (secondary N) is 1. The molecule has 0 heterocycles. The number of rotatable bonds is 8. The highest BCUT2D eigenvalue weighted by molar-refractivity contribution is 7.86. The van der Waals surface area contributed by atoms with Crippen LogP contribution < -0.4 is 10.1 Å². The zero-order valence-corrected chi connectivity index (χ0v) is 23.1. The van der Waals surface area contributed by atoms with Gasteiger partial charge in [0.25, 0.3) is 16.0 Å². The van der Waals surface area contributed by atoms with Gasteiger partial charge in [-0.15, -0.1) is 10.2 Å². The second-order valence-corrected chi connectivity index (χ2v) is 10.5. The number of benzene rings is 4. The van der Waals surface area contributed by atoms with Crippen molar-refractivity contribution in [3.63, 3.8) is 0 Å². The summed E-state index contributed by atoms with van der Waals surface area (Å²) in [6, 6.07) is 15.9. The zero-order chi connectivity index (χ0) is 28.3. The Balaban J connectivity index is 1.85. The van der Waals surface area contributed by atoms with Crippen LogP contribution in [-0.4, -0.2) is 30.6 Å². The number of halogens is 2. The molecule has 202 valence electrons. The van der Waals surface area contributed by atoms with Crippen LogP contribution in [0.5, 0.6) is 11.5 Å². The summed E-state index contributed by atoms with van der Waals surface area (Å²) in [6.45, 7) is 3.83. The average Bonchev–Trinajstić information content (AvgIpc) is 2.89. The van der Waals surface area contributed by atoms with Crippen molar-refractivity contribution < 1.29 is 27.6 Å². The first-order valence-corrected chi connectivity index (χ1v) is 13.9. The molecule has 0 radical (unpaired) electrons. The number of aryl methyl sites for hydroxylation is 1. The number of hydrogen-bond donors (Lipinski definition) is 3. The van der Waals surface area contributed by atoms with E-state index >= 15 is 0 Å². The van der Waals surface area contributed by atoms with Crippen molar-refractivity contribution in [2.24, 2.45) is 10.2 Å². The Kier molecular flexibility index (Phi) is 8.41. The number of ether oxygens (including phenoxy) is 1. The van der Waals surface area contributed by atoms with Gasteiger partial charge in [-0.25, -0.2) is 0 Å². The van der Waals surface area contributed by atoms with E-state index in [1.807, 2.05) is 0 Å². The number of aromatic hydroxyl groups is 1. The lowest BCUT2D eigenvalue weighted by Crippen LogP contribution is -2.13. The summed E-state index contributed by atoms with van der Waals surface area (Å²) in [5, 5.41) is 23.3. The molecule has 0 bridgehead atoms. The smallest absolute Gasteiger partial charge is 0.297 e. The van der Waals surface area contributed by atoms with Crippen LogP contribution in [0, 0.1) is 0 Å². The highest BCUT2D eigenvalue weighted by Gasteiger charge is 2.24. The van der Waals surface area contributed by atoms with Gasteiger partial charge < -0.3 is 15.2 Å². The molecule has 0 saturated heterocycles. The van der Waals surface area contributed by atoms with Gasteiger partial charge in [0.15, 0.2) is 5.75 Å². The summed E-state index contributed by atoms with van der Waals surface area (Å²) in [6.07, 6.45) is 0.271. The SMILES string of the molecule is CCOc1cc(Cl)ccc1NC(=O)c1cc2ccccc2c(N=Nc2c(Cl)ccc(CC)c2S(=O)(=O)O)c1O. The van der Waals surface area contributed by atoms with E-state index in [2.05, 4.69) is 15.5 Å². The molecule has 0 aliphatic rings. The van der Waals surface area contributed by atoms with Crippen molar-refractivity contribution in [1.82, 2.24) is 0 Å². The molecule has 4 aromatic rings. The molecule has 1 amide bonds. The lowest BCUT2D eigenvalue weighted by molar-refractivity contribution is 0.102. The molecule has 0 unspecified atom stereocenters. The molecular weight excluding hydrogens is 565 g/mol. The minimum absolute atomic E-state index is 0.0764. The van der Waals surface area contributed by atoms with E-state index in [9.17, 15) is 22.9 Å². The third-order valence-corrected chi connectivity index (χ3v) is 7.30. The number of phenols is 1. The molecule has 4 aromatic carbocycles. The standard InChI is InChI=1S/C27H23Cl2N3O6S/c1-3-15-9-11-20(29)24(26(15)39(35,36)37)32-31-23-18-8-6-5-7-16(18)13-19(25(23)33)27(34)30-21-12-10-17(28)14-22(21)38-4-2/h5-14,33H,3-4H2,1-2H3,(H,30,34)(H,35,36,37). The molecule has 39 heavy (non-hydrogen) atoms. The fourth-order valence-corrected chi connectivity index (χ4v) is 5.36. The highest BCUT2D eigenvalue weighted by Crippen LogP contribution is 2.42. The fraction of sp³-hybridized carbons (Fsp3) is 0.148. The van der Waals surface area contributed by atoms with E-state index in [0.717, 1.165) is 0 Å². The second kappa shape index (κ2) is 11.6. The summed E-state index contributed by atoms with van der Waals surface area (Å²) in [5.41, 5.74) is 0.107. The average molecular weight is 588 g/mol. The van der Waals surface area contributed by atoms with Crippen LogP contribution in [-0.2, 0) is 16.5 Å². The minimum Gasteiger partial charge on any atom is -0.505 e. The van der Waals surface area contributed by atoms with Gasteiger partial charge in [-0.3, -0.25) is 9.35 Å². The van der Waals surface area contributed by atoms with Crippen LogP contribution in [0.2, 0.25) is 10.0 Å². The van der Waals surface area contributed by atoms with Gasteiger partial charge in [0.05, 0.1) is 22.9 Å². The molecule has 0 saturated carbocycles. The van der Waals surface area contributed by atoms with Gasteiger partial charge in [0, 0.05) is 16.5 Å². The Hall–Kier alpha value is -3.70. The Labute approximate surface area is 234 Å². The summed E-state index contributed by atoms with van der Waals surface area (Å²) < 4.78 is 39.7. The normalized spacial score (nSPS) is 11.7. The quantitative estimate of drug-likeness (QED) is 0.142. The number of amides is 1. The molecule has 0 spiro atoms. The Bertz CT molecular complexity index is 1720. The summed E-state index contributed by atoms with van der Waals surface area (Å²) >= 11 is 12.3. The van der Waals surface area contributed by atoms with Crippen LogP contribution >= 0.6 is 23.2 Å². The van der Waals surface area contributed by atoms with Gasteiger partial charge in [0.2, 0.25) is 0 Å². The number of carbonyl (C=O) groups is 1. The predicted molar refractivity (Wildman–Crippen MR) is 151 cm³/mol. The Morgan fingerprint density at radius 1 is 1.00 bits per heavy atom. The minimum atomic E-state index is -4.71. The number of carbonyl (C=O) groups excluding carboxylic acids is 1. The van der Waals surface area contributed by atoms with Gasteiger partial charge in [-0.1, -0.05) is 60.5 Å². The number of anilines is 1. The first-order chi connectivity index (χ1) is 18.5. The monoisotopic (exact) mass is 587 g/mol. The van der Waals surface area contributed by atoms with Crippen LogP contribution in [0.4, 0.5) is 17.1 Å². The zero-order valence-electron chi connectivity index (χ0n) is 20.8. The second-order valence-electron chi connectivity index (χ2n) is 8.28. The van der Waals surface area contributed by atoms with Crippen LogP contribution in [0.15, 0.2) is 75.8 Å². The molecule has 12 heteroatoms. The van der Waals surface area contributed by atoms with Crippen molar-refractivity contribution in [2.45, 2.75) is 25.2 Å². The first-order valence-electron chi connectivity index (χ1n) is 11.7. The molecule has 0 aliphatic carbocycles. The maximum Gasteiger partial charge on any atom is 0.297 e. The van der Waals surface area contributed by atoms with Crippen molar-refractivity contribution in [3.8, 4) is 11.5 Å². The molecule has 4 rings (SSSR count). The van der Waals surface area contributed by atoms with Gasteiger partial charge >= 0.3 is 0 Å². The third-order valence-electron chi connectivity index (χ3n) is 5.78. The van der Waals surface area contributed by atoms with Crippen molar-refractivity contribution >= 4 is 67.1 Å². The van der Waals surface area contributed by atoms with Crippen molar-refractivity contribution in [3.05, 3.63) is 81.8 Å². The Morgan fingerprint density at radius 2 is 1.72 bits per heavy atom. The van der Waals surface area contributed by atoms with E-state index in [4.69, 9.17) is 27.9 Å². The lowest BCUT2D eigenvalue weighted by atomic mass is 10.0. The molecule has 0 fully saturated rings. The maximum atomic E-state index is 13.3. The molecule has 0 atom stereocenters. The first kappa shape index (κ1) is 28.3. The third kappa shape index (κ3) is 5.99. The molecule has 0 aliphatic heterocycles. The molecular formula is C27H23Cl2N3O6S. The number of fused-ring (bicyclic) bond motifs is 1. The largest absolute Gasteiger partial charge is 0.505 e. The van der Waals surface area contributed by atoms with Crippen molar-refractivity contribution in [2.75, 3.05) is 11.9 Å². The highest BCUT2D eigenvalue weighted by atomic mass is 35.5. The Morgan fingerprint density at radius 3 is 2.41 bits per heavy atom. The van der Waals surface area contributed by atoms with E-state index in [-0.39, 0.29) is 33.9 Å². The number of hydrogen-bond acceptors (Lipinski definition) is 7.